The first-order chi connectivity index (χ1) is 15.1. The summed E-state index contributed by atoms with van der Waals surface area (Å²) >= 11 is 3.49. The van der Waals surface area contributed by atoms with Gasteiger partial charge in [-0.1, -0.05) is 58.7 Å². The molecule has 0 aliphatic heterocycles. The Morgan fingerprint density at radius 2 is 1.52 bits per heavy atom. The van der Waals surface area contributed by atoms with Crippen molar-refractivity contribution in [3.63, 3.8) is 0 Å². The Kier molecular flexibility index (Phi) is 5.36. The summed E-state index contributed by atoms with van der Waals surface area (Å²) in [5.41, 5.74) is 2.70. The minimum absolute atomic E-state index is 0.00469. The highest BCUT2D eigenvalue weighted by Gasteiger charge is 2.30. The van der Waals surface area contributed by atoms with Crippen molar-refractivity contribution in [2.24, 2.45) is 5.92 Å². The molecule has 1 aromatic heterocycles. The number of hydrogen-bond donors (Lipinski definition) is 1. The summed E-state index contributed by atoms with van der Waals surface area (Å²) in [6, 6.07) is 23.2. The van der Waals surface area contributed by atoms with Crippen LogP contribution in [0.1, 0.15) is 30.9 Å². The first kappa shape index (κ1) is 20.0. The van der Waals surface area contributed by atoms with E-state index in [0.717, 1.165) is 33.9 Å². The van der Waals surface area contributed by atoms with Gasteiger partial charge in [0.1, 0.15) is 6.54 Å². The zero-order valence-electron chi connectivity index (χ0n) is 17.1. The van der Waals surface area contributed by atoms with E-state index < -0.39 is 0 Å². The van der Waals surface area contributed by atoms with Gasteiger partial charge >= 0.3 is 0 Å². The van der Waals surface area contributed by atoms with Crippen molar-refractivity contribution in [2.75, 3.05) is 0 Å². The number of nitrogens with one attached hydrogen (secondary N) is 1. The van der Waals surface area contributed by atoms with Crippen LogP contribution in [0.5, 0.6) is 0 Å². The van der Waals surface area contributed by atoms with E-state index in [1.165, 1.54) is 6.42 Å². The molecule has 1 amide bonds. The summed E-state index contributed by atoms with van der Waals surface area (Å²) in [5, 5.41) is 4.57. The first-order valence-electron chi connectivity index (χ1n) is 10.7. The second kappa shape index (κ2) is 8.31. The minimum atomic E-state index is -0.0428. The Morgan fingerprint density at radius 1 is 0.935 bits per heavy atom. The molecular weight excluding hydrogens is 452 g/mol. The van der Waals surface area contributed by atoms with Gasteiger partial charge in [0.15, 0.2) is 5.43 Å². The maximum absolute atomic E-state index is 13.3. The molecule has 1 aliphatic rings. The third-order valence-corrected chi connectivity index (χ3v) is 6.88. The molecule has 0 spiro atoms. The molecule has 4 aromatic rings. The summed E-state index contributed by atoms with van der Waals surface area (Å²) in [7, 11) is 0. The highest BCUT2D eigenvalue weighted by molar-refractivity contribution is 9.10. The van der Waals surface area contributed by atoms with Gasteiger partial charge in [-0.15, -0.1) is 0 Å². The number of benzene rings is 3. The van der Waals surface area contributed by atoms with Gasteiger partial charge in [-0.3, -0.25) is 9.59 Å². The van der Waals surface area contributed by atoms with Crippen LogP contribution >= 0.6 is 15.9 Å². The molecule has 3 aromatic carbocycles. The lowest BCUT2D eigenvalue weighted by Crippen LogP contribution is -2.38. The summed E-state index contributed by atoms with van der Waals surface area (Å²) in [4.78, 5) is 26.2. The third kappa shape index (κ3) is 3.79. The van der Waals surface area contributed by atoms with Crippen LogP contribution in [0.15, 0.2) is 82.1 Å². The quantitative estimate of drug-likeness (QED) is 0.384. The van der Waals surface area contributed by atoms with Gasteiger partial charge < -0.3 is 9.88 Å². The van der Waals surface area contributed by atoms with Crippen molar-refractivity contribution in [1.82, 2.24) is 9.88 Å². The molecule has 5 heteroatoms. The SMILES string of the molecule is O=C(Cn1c2ccccc2c(=O)c2ccccc21)NC(c1ccc(Br)cc1)C1CCC1. The second-order valence-corrected chi connectivity index (χ2v) is 9.15. The normalized spacial score (nSPS) is 15.0. The molecule has 1 heterocycles. The average Bonchev–Trinajstić information content (AvgIpc) is 2.75. The largest absolute Gasteiger partial charge is 0.347 e. The highest BCUT2D eigenvalue weighted by Crippen LogP contribution is 2.38. The number of hydrogen-bond acceptors (Lipinski definition) is 2. The number of fused-ring (bicyclic) bond motifs is 2. The number of carbonyl (C=O) groups excluding carboxylic acids is 1. The van der Waals surface area contributed by atoms with Crippen molar-refractivity contribution < 1.29 is 4.79 Å². The summed E-state index contributed by atoms with van der Waals surface area (Å²) in [5.74, 6) is 0.423. The van der Waals surface area contributed by atoms with Crippen molar-refractivity contribution in [2.45, 2.75) is 31.8 Å². The number of pyridine rings is 1. The monoisotopic (exact) mass is 474 g/mol. The zero-order chi connectivity index (χ0) is 21.4. The van der Waals surface area contributed by atoms with E-state index in [1.54, 1.807) is 0 Å². The van der Waals surface area contributed by atoms with E-state index in [9.17, 15) is 9.59 Å². The van der Waals surface area contributed by atoms with E-state index >= 15 is 0 Å². The topological polar surface area (TPSA) is 51.1 Å². The molecule has 4 nitrogen and oxygen atoms in total. The lowest BCUT2D eigenvalue weighted by atomic mass is 9.77. The molecule has 5 rings (SSSR count). The van der Waals surface area contributed by atoms with Crippen molar-refractivity contribution in [3.05, 3.63) is 93.1 Å². The van der Waals surface area contributed by atoms with E-state index in [4.69, 9.17) is 0 Å². The fourth-order valence-corrected chi connectivity index (χ4v) is 4.79. The fourth-order valence-electron chi connectivity index (χ4n) is 4.53. The van der Waals surface area contributed by atoms with Crippen LogP contribution in [0.25, 0.3) is 21.8 Å². The van der Waals surface area contributed by atoms with Gasteiger partial charge in [-0.05, 0) is 60.7 Å². The number of halogens is 1. The van der Waals surface area contributed by atoms with Crippen LogP contribution < -0.4 is 10.7 Å². The first-order valence-corrected chi connectivity index (χ1v) is 11.5. The minimum Gasteiger partial charge on any atom is -0.347 e. The van der Waals surface area contributed by atoms with E-state index in [2.05, 4.69) is 33.4 Å². The van der Waals surface area contributed by atoms with Gasteiger partial charge in [0.05, 0.1) is 17.1 Å². The predicted molar refractivity (Wildman–Crippen MR) is 128 cm³/mol. The number of amides is 1. The highest BCUT2D eigenvalue weighted by atomic mass is 79.9. The Labute approximate surface area is 189 Å². The molecule has 1 N–H and O–H groups in total. The van der Waals surface area contributed by atoms with Gasteiger partial charge in [-0.2, -0.15) is 0 Å². The Bertz CT molecular complexity index is 1260. The standard InChI is InChI=1S/C26H23BrN2O2/c27-19-14-12-18(13-15-19)25(17-6-5-7-17)28-24(30)16-29-22-10-3-1-8-20(22)26(31)21-9-2-4-11-23(21)29/h1-4,8-15,17,25H,5-7,16H2,(H,28,30). The molecule has 0 radical (unpaired) electrons. The lowest BCUT2D eigenvalue weighted by Gasteiger charge is -2.35. The average molecular weight is 475 g/mol. The molecule has 1 unspecified atom stereocenters. The summed E-state index contributed by atoms with van der Waals surface area (Å²) < 4.78 is 2.99. The molecule has 31 heavy (non-hydrogen) atoms. The fraction of sp³-hybridized carbons (Fsp3) is 0.231. The number of rotatable bonds is 5. The molecule has 1 aliphatic carbocycles. The number of para-hydroxylation sites is 2. The molecule has 1 atom stereocenters. The van der Waals surface area contributed by atoms with Crippen LogP contribution in [-0.4, -0.2) is 10.5 Å². The lowest BCUT2D eigenvalue weighted by molar-refractivity contribution is -0.123. The number of nitrogens with zero attached hydrogens (tertiary/aromatic N) is 1. The van der Waals surface area contributed by atoms with Crippen molar-refractivity contribution in [3.8, 4) is 0 Å². The predicted octanol–water partition coefficient (Wildman–Crippen LogP) is 5.57. The molecule has 0 saturated heterocycles. The Morgan fingerprint density at radius 3 is 2.06 bits per heavy atom. The van der Waals surface area contributed by atoms with Gasteiger partial charge in [0, 0.05) is 15.2 Å². The van der Waals surface area contributed by atoms with E-state index in [1.807, 2.05) is 65.2 Å². The van der Waals surface area contributed by atoms with Gasteiger partial charge in [0.25, 0.3) is 0 Å². The van der Waals surface area contributed by atoms with Crippen LogP contribution in [0, 0.1) is 5.92 Å². The zero-order valence-corrected chi connectivity index (χ0v) is 18.6. The van der Waals surface area contributed by atoms with Gasteiger partial charge in [-0.25, -0.2) is 0 Å². The smallest absolute Gasteiger partial charge is 0.240 e. The van der Waals surface area contributed by atoms with E-state index in [-0.39, 0.29) is 23.9 Å². The molecule has 156 valence electrons. The molecule has 0 bridgehead atoms. The Hall–Kier alpha value is -2.92. The van der Waals surface area contributed by atoms with Crippen molar-refractivity contribution in [1.29, 1.82) is 0 Å². The van der Waals surface area contributed by atoms with Crippen LogP contribution in [-0.2, 0) is 11.3 Å². The van der Waals surface area contributed by atoms with E-state index in [0.29, 0.717) is 16.7 Å². The van der Waals surface area contributed by atoms with Crippen LogP contribution in [0.4, 0.5) is 0 Å². The number of carbonyl (C=O) groups is 1. The van der Waals surface area contributed by atoms with Crippen LogP contribution in [0.2, 0.25) is 0 Å². The molecule has 1 fully saturated rings. The molecular formula is C26H23BrN2O2. The molecule has 1 saturated carbocycles. The van der Waals surface area contributed by atoms with Gasteiger partial charge in [0.2, 0.25) is 5.91 Å². The Balaban J connectivity index is 1.51. The van der Waals surface area contributed by atoms with Crippen molar-refractivity contribution >= 4 is 43.6 Å². The summed E-state index contributed by atoms with van der Waals surface area (Å²) in [6.45, 7) is 0.168. The van der Waals surface area contributed by atoms with Crippen LogP contribution in [0.3, 0.4) is 0 Å². The second-order valence-electron chi connectivity index (χ2n) is 8.24. The number of aromatic nitrogens is 1. The third-order valence-electron chi connectivity index (χ3n) is 6.35. The summed E-state index contributed by atoms with van der Waals surface area (Å²) in [6.07, 6.45) is 3.47. The maximum atomic E-state index is 13.3. The maximum Gasteiger partial charge on any atom is 0.240 e.